The van der Waals surface area contributed by atoms with E-state index in [4.69, 9.17) is 8.85 Å². The van der Waals surface area contributed by atoms with Gasteiger partial charge in [-0.1, -0.05) is 19.2 Å². The van der Waals surface area contributed by atoms with Crippen LogP contribution in [-0.4, -0.2) is 22.8 Å². The van der Waals surface area contributed by atoms with Crippen LogP contribution in [0.25, 0.3) is 0 Å². The lowest BCUT2D eigenvalue weighted by molar-refractivity contribution is 0.261. The largest absolute Gasteiger partial charge is 0.394 e. The molecule has 0 amide bonds. The number of hydrogen-bond acceptors (Lipinski definition) is 2. The summed E-state index contributed by atoms with van der Waals surface area (Å²) in [7, 11) is 1.15. The van der Waals surface area contributed by atoms with Gasteiger partial charge in [-0.2, -0.15) is 0 Å². The molecule has 0 bridgehead atoms. The van der Waals surface area contributed by atoms with Gasteiger partial charge in [0.25, 0.3) is 0 Å². The summed E-state index contributed by atoms with van der Waals surface area (Å²) < 4.78 is 10.4. The van der Waals surface area contributed by atoms with Crippen molar-refractivity contribution < 1.29 is 8.85 Å². The Kier molecular flexibility index (Phi) is 3.56. The molecule has 58 valence electrons. The van der Waals surface area contributed by atoms with Crippen molar-refractivity contribution in [2.75, 3.05) is 14.2 Å². The molecule has 0 unspecified atom stereocenters. The van der Waals surface area contributed by atoms with Crippen molar-refractivity contribution in [3.8, 4) is 0 Å². The number of rotatable bonds is 4. The van der Waals surface area contributed by atoms with Crippen molar-refractivity contribution in [1.82, 2.24) is 0 Å². The third-order valence-electron chi connectivity index (χ3n) is 1.61. The minimum absolute atomic E-state index is 0.859. The summed E-state index contributed by atoms with van der Waals surface area (Å²) in [5, 5.41) is 0.859. The van der Waals surface area contributed by atoms with Gasteiger partial charge in [0.1, 0.15) is 0 Å². The van der Waals surface area contributed by atoms with Crippen LogP contribution >= 0.6 is 0 Å². The molecule has 0 rings (SSSR count). The Balaban J connectivity index is 4.31. The van der Waals surface area contributed by atoms with Crippen molar-refractivity contribution in [3.63, 3.8) is 0 Å². The van der Waals surface area contributed by atoms with Gasteiger partial charge in [-0.3, -0.25) is 0 Å². The predicted octanol–water partition coefficient (Wildman–Crippen LogP) is 1.63. The summed E-state index contributed by atoms with van der Waals surface area (Å²) in [5.74, 6) is 0. The molecule has 0 aromatic heterocycles. The lowest BCUT2D eigenvalue weighted by Gasteiger charge is -2.22. The van der Waals surface area contributed by atoms with Crippen molar-refractivity contribution >= 4 is 8.56 Å². The van der Waals surface area contributed by atoms with E-state index in [1.54, 1.807) is 20.3 Å². The summed E-state index contributed by atoms with van der Waals surface area (Å²) in [5.41, 5.74) is 0. The second-order valence-electron chi connectivity index (χ2n) is 2.08. The highest BCUT2D eigenvalue weighted by Gasteiger charge is 2.30. The fourth-order valence-electron chi connectivity index (χ4n) is 0.531. The van der Waals surface area contributed by atoms with Gasteiger partial charge in [-0.15, -0.1) is 0 Å². The normalized spacial score (nSPS) is 11.1. The summed E-state index contributed by atoms with van der Waals surface area (Å²) in [6, 6.07) is 0. The molecular formula is C7H14O2Si. The molecule has 0 saturated heterocycles. The fraction of sp³-hybridized carbons (Fsp3) is 0.429. The van der Waals surface area contributed by atoms with Gasteiger partial charge in [0.15, 0.2) is 0 Å². The van der Waals surface area contributed by atoms with E-state index >= 15 is 0 Å². The maximum absolute atomic E-state index is 5.19. The third kappa shape index (κ3) is 1.80. The topological polar surface area (TPSA) is 18.5 Å². The molecule has 10 heavy (non-hydrogen) atoms. The van der Waals surface area contributed by atoms with Gasteiger partial charge in [0, 0.05) is 14.2 Å². The molecule has 0 fully saturated rings. The van der Waals surface area contributed by atoms with Crippen LogP contribution in [-0.2, 0) is 8.85 Å². The Hall–Kier alpha value is -0.383. The van der Waals surface area contributed by atoms with E-state index in [1.807, 2.05) is 6.55 Å². The molecule has 0 aliphatic rings. The highest BCUT2D eigenvalue weighted by molar-refractivity contribution is 6.74. The molecule has 0 heterocycles. The lowest BCUT2D eigenvalue weighted by atomic mass is 10.6. The number of allylic oxidation sites excluding steroid dienone is 2. The Morgan fingerprint density at radius 3 is 1.90 bits per heavy atom. The molecule has 0 aromatic carbocycles. The van der Waals surface area contributed by atoms with E-state index in [0.29, 0.717) is 0 Å². The Morgan fingerprint density at radius 2 is 1.80 bits per heavy atom. The molecule has 0 spiro atoms. The molecule has 0 radical (unpaired) electrons. The van der Waals surface area contributed by atoms with E-state index in [2.05, 4.69) is 13.2 Å². The van der Waals surface area contributed by atoms with E-state index in [-0.39, 0.29) is 0 Å². The van der Waals surface area contributed by atoms with Crippen LogP contribution in [0.3, 0.4) is 0 Å². The molecule has 0 aromatic rings. The zero-order valence-corrected chi connectivity index (χ0v) is 7.81. The van der Waals surface area contributed by atoms with Crippen molar-refractivity contribution in [1.29, 1.82) is 0 Å². The smallest absolute Gasteiger partial charge is 0.368 e. The van der Waals surface area contributed by atoms with Gasteiger partial charge in [0.2, 0.25) is 0 Å². The minimum Gasteiger partial charge on any atom is -0.394 e. The quantitative estimate of drug-likeness (QED) is 0.457. The van der Waals surface area contributed by atoms with Crippen molar-refractivity contribution in [2.24, 2.45) is 0 Å². The third-order valence-corrected chi connectivity index (χ3v) is 4.54. The van der Waals surface area contributed by atoms with E-state index in [0.717, 1.165) is 5.20 Å². The van der Waals surface area contributed by atoms with Crippen LogP contribution in [0.5, 0.6) is 0 Å². The van der Waals surface area contributed by atoms with Crippen LogP contribution in [0, 0.1) is 0 Å². The molecular weight excluding hydrogens is 144 g/mol. The average Bonchev–Trinajstić information content (AvgIpc) is 2.01. The first kappa shape index (κ1) is 9.62. The Morgan fingerprint density at radius 1 is 1.40 bits per heavy atom. The second kappa shape index (κ2) is 3.70. The lowest BCUT2D eigenvalue weighted by Crippen LogP contribution is -2.37. The predicted molar refractivity (Wildman–Crippen MR) is 45.0 cm³/mol. The molecule has 0 N–H and O–H groups in total. The van der Waals surface area contributed by atoms with E-state index in [9.17, 15) is 0 Å². The Bertz CT molecular complexity index is 139. The molecule has 0 saturated carbocycles. The second-order valence-corrected chi connectivity index (χ2v) is 5.43. The summed E-state index contributed by atoms with van der Waals surface area (Å²) in [4.78, 5) is 0. The van der Waals surface area contributed by atoms with Gasteiger partial charge in [-0.25, -0.2) is 0 Å². The first-order chi connectivity index (χ1) is 4.60. The monoisotopic (exact) mass is 158 g/mol. The van der Waals surface area contributed by atoms with E-state index in [1.165, 1.54) is 0 Å². The van der Waals surface area contributed by atoms with Crippen molar-refractivity contribution in [3.05, 3.63) is 24.4 Å². The molecule has 0 aliphatic heterocycles. The summed E-state index contributed by atoms with van der Waals surface area (Å²) in [6.45, 7) is 9.31. The van der Waals surface area contributed by atoms with Crippen molar-refractivity contribution in [2.45, 2.75) is 6.55 Å². The zero-order chi connectivity index (χ0) is 8.20. The van der Waals surface area contributed by atoms with Crippen LogP contribution in [0.15, 0.2) is 24.4 Å². The SMILES string of the molecule is C=CC(=C)[Si](C)(OC)OC. The molecule has 0 atom stereocenters. The maximum atomic E-state index is 5.19. The first-order valence-electron chi connectivity index (χ1n) is 3.03. The van der Waals surface area contributed by atoms with Gasteiger partial charge < -0.3 is 8.85 Å². The highest BCUT2D eigenvalue weighted by Crippen LogP contribution is 2.14. The molecule has 2 nitrogen and oxygen atoms in total. The number of hydrogen-bond donors (Lipinski definition) is 0. The van der Waals surface area contributed by atoms with Crippen LogP contribution < -0.4 is 0 Å². The van der Waals surface area contributed by atoms with Crippen LogP contribution in [0.1, 0.15) is 0 Å². The highest BCUT2D eigenvalue weighted by atomic mass is 28.4. The standard InChI is InChI=1S/C7H14O2Si/c1-6-7(2)10(5,8-3)9-4/h6H,1-2H2,3-5H3. The first-order valence-corrected chi connectivity index (χ1v) is 5.34. The summed E-state index contributed by atoms with van der Waals surface area (Å²) >= 11 is 0. The van der Waals surface area contributed by atoms with Crippen LogP contribution in [0.2, 0.25) is 6.55 Å². The molecule has 3 heteroatoms. The van der Waals surface area contributed by atoms with Gasteiger partial charge in [-0.05, 0) is 11.7 Å². The minimum atomic E-state index is -2.11. The van der Waals surface area contributed by atoms with E-state index < -0.39 is 8.56 Å². The average molecular weight is 158 g/mol. The maximum Gasteiger partial charge on any atom is 0.368 e. The molecule has 0 aliphatic carbocycles. The fourth-order valence-corrected chi connectivity index (χ4v) is 1.59. The summed E-state index contributed by atoms with van der Waals surface area (Å²) in [6.07, 6.45) is 1.68. The van der Waals surface area contributed by atoms with Gasteiger partial charge in [0.05, 0.1) is 0 Å². The Labute approximate surface area is 63.4 Å². The van der Waals surface area contributed by atoms with Gasteiger partial charge >= 0.3 is 8.56 Å². The van der Waals surface area contributed by atoms with Crippen LogP contribution in [0.4, 0.5) is 0 Å². The zero-order valence-electron chi connectivity index (χ0n) is 6.81.